The van der Waals surface area contributed by atoms with Gasteiger partial charge in [0.2, 0.25) is 5.91 Å². The third-order valence-electron chi connectivity index (χ3n) is 7.16. The highest BCUT2D eigenvalue weighted by Crippen LogP contribution is 2.48. The number of aliphatic hydroxyl groups excluding tert-OH is 1. The van der Waals surface area contributed by atoms with Crippen molar-refractivity contribution in [2.24, 2.45) is 0 Å². The van der Waals surface area contributed by atoms with E-state index >= 15 is 0 Å². The molecule has 176 valence electrons. The fourth-order valence-electron chi connectivity index (χ4n) is 5.56. The zero-order valence-electron chi connectivity index (χ0n) is 19.4. The second kappa shape index (κ2) is 9.01. The summed E-state index contributed by atoms with van der Waals surface area (Å²) in [5.74, 6) is -0.952. The lowest BCUT2D eigenvalue weighted by Gasteiger charge is -2.31. The molecule has 2 aromatic carbocycles. The van der Waals surface area contributed by atoms with Crippen molar-refractivity contribution in [3.8, 4) is 0 Å². The SMILES string of the molecule is CC(=O)NCCc1c(C(C2=C(O)C3(CCCCC3)OC2=O)c2ccccc2)[nH]c2ccccc12. The van der Waals surface area contributed by atoms with Crippen LogP contribution in [0.4, 0.5) is 0 Å². The Morgan fingerprint density at radius 1 is 1.09 bits per heavy atom. The van der Waals surface area contributed by atoms with E-state index in [1.807, 2.05) is 54.6 Å². The first-order chi connectivity index (χ1) is 16.5. The number of nitrogens with one attached hydrogen (secondary N) is 2. The molecular weight excluding hydrogens is 428 g/mol. The van der Waals surface area contributed by atoms with Gasteiger partial charge in [-0.25, -0.2) is 4.79 Å². The fraction of sp³-hybridized carbons (Fsp3) is 0.357. The number of aliphatic hydroxyl groups is 1. The van der Waals surface area contributed by atoms with Gasteiger partial charge < -0.3 is 20.1 Å². The van der Waals surface area contributed by atoms with Crippen LogP contribution in [0.15, 0.2) is 65.9 Å². The summed E-state index contributed by atoms with van der Waals surface area (Å²) in [5, 5.41) is 15.4. The van der Waals surface area contributed by atoms with Gasteiger partial charge in [-0.15, -0.1) is 0 Å². The van der Waals surface area contributed by atoms with Crippen LogP contribution in [-0.2, 0) is 20.7 Å². The Kier molecular flexibility index (Phi) is 5.90. The lowest BCUT2D eigenvalue weighted by atomic mass is 9.79. The third kappa shape index (κ3) is 3.87. The summed E-state index contributed by atoms with van der Waals surface area (Å²) >= 11 is 0. The Balaban J connectivity index is 1.69. The zero-order valence-corrected chi connectivity index (χ0v) is 19.4. The number of esters is 1. The van der Waals surface area contributed by atoms with Crippen LogP contribution in [0.3, 0.4) is 0 Å². The Labute approximate surface area is 199 Å². The van der Waals surface area contributed by atoms with E-state index in [9.17, 15) is 14.7 Å². The topological polar surface area (TPSA) is 91.4 Å². The van der Waals surface area contributed by atoms with Crippen LogP contribution in [0.2, 0.25) is 0 Å². The molecule has 3 N–H and O–H groups in total. The van der Waals surface area contributed by atoms with Gasteiger partial charge in [-0.3, -0.25) is 4.79 Å². The van der Waals surface area contributed by atoms with Crippen LogP contribution in [0, 0.1) is 0 Å². The maximum atomic E-state index is 13.4. The van der Waals surface area contributed by atoms with Crippen molar-refractivity contribution < 1.29 is 19.4 Å². The highest BCUT2D eigenvalue weighted by molar-refractivity contribution is 5.96. The number of benzene rings is 2. The fourth-order valence-corrected chi connectivity index (χ4v) is 5.56. The first-order valence-corrected chi connectivity index (χ1v) is 12.1. The predicted octanol–water partition coefficient (Wildman–Crippen LogP) is 5.05. The number of ether oxygens (including phenoxy) is 1. The Morgan fingerprint density at radius 2 is 1.79 bits per heavy atom. The molecule has 1 amide bonds. The minimum absolute atomic E-state index is 0.0810. The molecule has 1 aliphatic heterocycles. The van der Waals surface area contributed by atoms with Crippen LogP contribution in [0.1, 0.15) is 61.8 Å². The molecule has 34 heavy (non-hydrogen) atoms. The van der Waals surface area contributed by atoms with Gasteiger partial charge in [-0.2, -0.15) is 0 Å². The molecular formula is C28H30N2O4. The Hall–Kier alpha value is -3.54. The Bertz CT molecular complexity index is 1250. The second-order valence-electron chi connectivity index (χ2n) is 9.35. The van der Waals surface area contributed by atoms with Crippen LogP contribution in [0.5, 0.6) is 0 Å². The normalized spacial score (nSPS) is 18.3. The average Bonchev–Trinajstić information content (AvgIpc) is 3.31. The molecule has 1 unspecified atom stereocenters. The molecule has 5 rings (SSSR count). The van der Waals surface area contributed by atoms with Crippen LogP contribution in [0.25, 0.3) is 10.9 Å². The van der Waals surface area contributed by atoms with Gasteiger partial charge in [-0.05, 0) is 49.3 Å². The molecule has 0 saturated heterocycles. The van der Waals surface area contributed by atoms with Crippen molar-refractivity contribution in [1.29, 1.82) is 0 Å². The summed E-state index contributed by atoms with van der Waals surface area (Å²) in [6.07, 6.45) is 4.83. The van der Waals surface area contributed by atoms with E-state index < -0.39 is 17.5 Å². The first kappa shape index (κ1) is 22.3. The molecule has 6 heteroatoms. The van der Waals surface area contributed by atoms with Crippen LogP contribution in [-0.4, -0.2) is 34.1 Å². The lowest BCUT2D eigenvalue weighted by Crippen LogP contribution is -2.34. The summed E-state index contributed by atoms with van der Waals surface area (Å²) in [6.45, 7) is 1.98. The second-order valence-corrected chi connectivity index (χ2v) is 9.35. The number of para-hydroxylation sites is 1. The average molecular weight is 459 g/mol. The molecule has 3 aromatic rings. The molecule has 6 nitrogen and oxygen atoms in total. The number of carbonyl (C=O) groups excluding carboxylic acids is 2. The van der Waals surface area contributed by atoms with E-state index in [2.05, 4.69) is 10.3 Å². The van der Waals surface area contributed by atoms with Crippen molar-refractivity contribution in [3.05, 3.63) is 82.8 Å². The van der Waals surface area contributed by atoms with Crippen LogP contribution < -0.4 is 5.32 Å². The van der Waals surface area contributed by atoms with Crippen molar-refractivity contribution in [2.45, 2.75) is 57.0 Å². The van der Waals surface area contributed by atoms with Gasteiger partial charge in [0, 0.05) is 30.1 Å². The third-order valence-corrected chi connectivity index (χ3v) is 7.16. The van der Waals surface area contributed by atoms with Gasteiger partial charge in [0.15, 0.2) is 5.60 Å². The maximum absolute atomic E-state index is 13.4. The standard InChI is InChI=1S/C28H30N2O4/c1-18(31)29-17-14-21-20-12-6-7-13-22(20)30-25(21)23(19-10-4-2-5-11-19)24-26(32)28(34-27(24)33)15-8-3-9-16-28/h2,4-7,10-13,23,30,32H,3,8-9,14-17H2,1H3,(H,29,31). The molecule has 0 radical (unpaired) electrons. The lowest BCUT2D eigenvalue weighted by molar-refractivity contribution is -0.151. The van der Waals surface area contributed by atoms with Crippen molar-refractivity contribution >= 4 is 22.8 Å². The van der Waals surface area contributed by atoms with E-state index in [-0.39, 0.29) is 11.7 Å². The van der Waals surface area contributed by atoms with Gasteiger partial charge in [0.05, 0.1) is 11.5 Å². The minimum atomic E-state index is -0.903. The van der Waals surface area contributed by atoms with Gasteiger partial charge >= 0.3 is 5.97 Å². The van der Waals surface area contributed by atoms with Gasteiger partial charge in [-0.1, -0.05) is 55.0 Å². The molecule has 1 saturated carbocycles. The quantitative estimate of drug-likeness (QED) is 0.451. The van der Waals surface area contributed by atoms with Crippen molar-refractivity contribution in [1.82, 2.24) is 10.3 Å². The van der Waals surface area contributed by atoms with Gasteiger partial charge in [0.1, 0.15) is 5.76 Å². The maximum Gasteiger partial charge on any atom is 0.339 e. The first-order valence-electron chi connectivity index (χ1n) is 12.1. The van der Waals surface area contributed by atoms with Crippen LogP contribution >= 0.6 is 0 Å². The number of carbonyl (C=O) groups is 2. The number of aromatic amines is 1. The van der Waals surface area contributed by atoms with Gasteiger partial charge in [0.25, 0.3) is 0 Å². The number of H-pyrrole nitrogens is 1. The number of rotatable bonds is 6. The number of hydrogen-bond donors (Lipinski definition) is 3. The molecule has 2 aliphatic rings. The predicted molar refractivity (Wildman–Crippen MR) is 131 cm³/mol. The largest absolute Gasteiger partial charge is 0.507 e. The molecule has 1 fully saturated rings. The molecule has 1 aromatic heterocycles. The van der Waals surface area contributed by atoms with E-state index in [1.54, 1.807) is 0 Å². The molecule has 1 spiro atoms. The molecule has 0 bridgehead atoms. The molecule has 1 atom stereocenters. The van der Waals surface area contributed by atoms with E-state index in [4.69, 9.17) is 4.74 Å². The summed E-state index contributed by atoms with van der Waals surface area (Å²) < 4.78 is 5.93. The smallest absolute Gasteiger partial charge is 0.339 e. The number of aromatic nitrogens is 1. The van der Waals surface area contributed by atoms with Crippen molar-refractivity contribution in [2.75, 3.05) is 6.54 Å². The monoisotopic (exact) mass is 458 g/mol. The van der Waals surface area contributed by atoms with E-state index in [0.717, 1.165) is 47.0 Å². The summed E-state index contributed by atoms with van der Waals surface area (Å²) in [4.78, 5) is 28.4. The summed E-state index contributed by atoms with van der Waals surface area (Å²) in [5.41, 5.74) is 3.15. The zero-order chi connectivity index (χ0) is 23.7. The summed E-state index contributed by atoms with van der Waals surface area (Å²) in [7, 11) is 0. The van der Waals surface area contributed by atoms with E-state index in [1.165, 1.54) is 6.92 Å². The number of fused-ring (bicyclic) bond motifs is 1. The molecule has 1 aliphatic carbocycles. The minimum Gasteiger partial charge on any atom is -0.507 e. The number of hydrogen-bond acceptors (Lipinski definition) is 4. The molecule has 2 heterocycles. The summed E-state index contributed by atoms with van der Waals surface area (Å²) in [6, 6.07) is 17.8. The Morgan fingerprint density at radius 3 is 2.53 bits per heavy atom. The van der Waals surface area contributed by atoms with E-state index in [0.29, 0.717) is 31.4 Å². The van der Waals surface area contributed by atoms with Crippen molar-refractivity contribution in [3.63, 3.8) is 0 Å². The number of amides is 1. The highest BCUT2D eigenvalue weighted by Gasteiger charge is 2.51. The highest BCUT2D eigenvalue weighted by atomic mass is 16.6.